The fourth-order valence-corrected chi connectivity index (χ4v) is 2.46. The largest absolute Gasteiger partial charge is 0.391 e. The van der Waals surface area contributed by atoms with E-state index in [1.54, 1.807) is 0 Å². The first-order valence-corrected chi connectivity index (χ1v) is 6.70. The summed E-state index contributed by atoms with van der Waals surface area (Å²) in [5, 5.41) is 12.5. The summed E-state index contributed by atoms with van der Waals surface area (Å²) in [6, 6.07) is 0.167. The molecule has 4 nitrogen and oxygen atoms in total. The van der Waals surface area contributed by atoms with Gasteiger partial charge in [-0.3, -0.25) is 4.79 Å². The molecule has 4 heteroatoms. The van der Waals surface area contributed by atoms with Gasteiger partial charge in [0.05, 0.1) is 6.10 Å². The van der Waals surface area contributed by atoms with E-state index in [4.69, 9.17) is 5.73 Å². The van der Waals surface area contributed by atoms with Crippen LogP contribution in [0.25, 0.3) is 0 Å². The van der Waals surface area contributed by atoms with Gasteiger partial charge in [-0.2, -0.15) is 0 Å². The van der Waals surface area contributed by atoms with Crippen molar-refractivity contribution in [1.82, 2.24) is 5.32 Å². The van der Waals surface area contributed by atoms with Gasteiger partial charge in [-0.05, 0) is 31.6 Å². The number of nitrogens with two attached hydrogens (primary N) is 1. The predicted octanol–water partition coefficient (Wildman–Crippen LogP) is 1.03. The molecule has 1 fully saturated rings. The summed E-state index contributed by atoms with van der Waals surface area (Å²) >= 11 is 0. The molecule has 0 aromatic heterocycles. The topological polar surface area (TPSA) is 75.3 Å². The number of amides is 1. The molecule has 1 aliphatic rings. The van der Waals surface area contributed by atoms with Crippen LogP contribution in [0.1, 0.15) is 46.0 Å². The Bertz CT molecular complexity index is 244. The molecule has 4 N–H and O–H groups in total. The zero-order chi connectivity index (χ0) is 12.8. The Morgan fingerprint density at radius 2 is 2.18 bits per heavy atom. The summed E-state index contributed by atoms with van der Waals surface area (Å²) in [5.74, 6) is 0.554. The normalized spacial score (nSPS) is 26.9. The van der Waals surface area contributed by atoms with E-state index >= 15 is 0 Å². The highest BCUT2D eigenvalue weighted by atomic mass is 16.3. The molecule has 3 unspecified atom stereocenters. The molecule has 0 heterocycles. The minimum atomic E-state index is -0.434. The van der Waals surface area contributed by atoms with E-state index in [9.17, 15) is 9.90 Å². The SMILES string of the molecule is CC(C)CC(O)CNC(=O)C1CCCC(N)C1. The van der Waals surface area contributed by atoms with Gasteiger partial charge in [0.25, 0.3) is 0 Å². The van der Waals surface area contributed by atoms with Gasteiger partial charge in [-0.1, -0.05) is 20.3 Å². The summed E-state index contributed by atoms with van der Waals surface area (Å²) in [5.41, 5.74) is 5.86. The average Bonchev–Trinajstić information content (AvgIpc) is 2.25. The maximum Gasteiger partial charge on any atom is 0.223 e. The van der Waals surface area contributed by atoms with Crippen LogP contribution >= 0.6 is 0 Å². The Morgan fingerprint density at radius 1 is 1.47 bits per heavy atom. The van der Waals surface area contributed by atoms with Crippen molar-refractivity contribution < 1.29 is 9.90 Å². The zero-order valence-corrected chi connectivity index (χ0v) is 11.0. The molecule has 1 rings (SSSR count). The Hall–Kier alpha value is -0.610. The van der Waals surface area contributed by atoms with Crippen molar-refractivity contribution in [3.05, 3.63) is 0 Å². The van der Waals surface area contributed by atoms with Crippen molar-refractivity contribution in [2.45, 2.75) is 58.1 Å². The molecule has 0 aromatic rings. The minimum Gasteiger partial charge on any atom is -0.391 e. The third-order valence-corrected chi connectivity index (χ3v) is 3.34. The second-order valence-electron chi connectivity index (χ2n) is 5.65. The molecule has 3 atom stereocenters. The number of hydrogen-bond donors (Lipinski definition) is 3. The number of nitrogens with one attached hydrogen (secondary N) is 1. The lowest BCUT2D eigenvalue weighted by molar-refractivity contribution is -0.126. The Balaban J connectivity index is 2.24. The smallest absolute Gasteiger partial charge is 0.223 e. The van der Waals surface area contributed by atoms with Gasteiger partial charge in [0, 0.05) is 18.5 Å². The molecule has 1 saturated carbocycles. The van der Waals surface area contributed by atoms with E-state index in [1.165, 1.54) is 0 Å². The Morgan fingerprint density at radius 3 is 2.76 bits per heavy atom. The molecule has 0 aliphatic heterocycles. The predicted molar refractivity (Wildman–Crippen MR) is 68.4 cm³/mol. The average molecular weight is 242 g/mol. The lowest BCUT2D eigenvalue weighted by atomic mass is 9.85. The standard InChI is InChI=1S/C13H26N2O2/c1-9(2)6-12(16)8-15-13(17)10-4-3-5-11(14)7-10/h9-12,16H,3-8,14H2,1-2H3,(H,15,17). The quantitative estimate of drug-likeness (QED) is 0.674. The third kappa shape index (κ3) is 5.50. The number of rotatable bonds is 5. The summed E-state index contributed by atoms with van der Waals surface area (Å²) in [7, 11) is 0. The van der Waals surface area contributed by atoms with Crippen molar-refractivity contribution in [1.29, 1.82) is 0 Å². The molecular weight excluding hydrogens is 216 g/mol. The molecular formula is C13H26N2O2. The summed E-state index contributed by atoms with van der Waals surface area (Å²) < 4.78 is 0. The van der Waals surface area contributed by atoms with Gasteiger partial charge in [-0.25, -0.2) is 0 Å². The van der Waals surface area contributed by atoms with Gasteiger partial charge >= 0.3 is 0 Å². The van der Waals surface area contributed by atoms with Crippen molar-refractivity contribution in [3.63, 3.8) is 0 Å². The van der Waals surface area contributed by atoms with Crippen molar-refractivity contribution in [2.24, 2.45) is 17.6 Å². The van der Waals surface area contributed by atoms with Crippen LogP contribution in [0.4, 0.5) is 0 Å². The van der Waals surface area contributed by atoms with E-state index in [1.807, 2.05) is 0 Å². The van der Waals surface area contributed by atoms with E-state index in [-0.39, 0.29) is 17.9 Å². The fourth-order valence-electron chi connectivity index (χ4n) is 2.46. The summed E-state index contributed by atoms with van der Waals surface area (Å²) in [6.07, 6.45) is 4.07. The number of aliphatic hydroxyl groups excluding tert-OH is 1. The molecule has 1 amide bonds. The van der Waals surface area contributed by atoms with Crippen molar-refractivity contribution in [3.8, 4) is 0 Å². The second kappa shape index (κ2) is 6.97. The van der Waals surface area contributed by atoms with Gasteiger partial charge in [0.1, 0.15) is 0 Å². The van der Waals surface area contributed by atoms with Gasteiger partial charge in [0.2, 0.25) is 5.91 Å². The van der Waals surface area contributed by atoms with Crippen LogP contribution in [0.5, 0.6) is 0 Å². The van der Waals surface area contributed by atoms with Crippen molar-refractivity contribution >= 4 is 5.91 Å². The van der Waals surface area contributed by atoms with E-state index in [2.05, 4.69) is 19.2 Å². The highest BCUT2D eigenvalue weighted by molar-refractivity contribution is 5.78. The van der Waals surface area contributed by atoms with Crippen molar-refractivity contribution in [2.75, 3.05) is 6.54 Å². The molecule has 0 aromatic carbocycles. The van der Waals surface area contributed by atoms with Gasteiger partial charge in [-0.15, -0.1) is 0 Å². The summed E-state index contributed by atoms with van der Waals surface area (Å²) in [4.78, 5) is 11.9. The highest BCUT2D eigenvalue weighted by Crippen LogP contribution is 2.23. The fraction of sp³-hybridized carbons (Fsp3) is 0.923. The summed E-state index contributed by atoms with van der Waals surface area (Å²) in [6.45, 7) is 4.49. The maximum absolute atomic E-state index is 11.9. The maximum atomic E-state index is 11.9. The van der Waals surface area contributed by atoms with Gasteiger partial charge in [0.15, 0.2) is 0 Å². The first-order valence-electron chi connectivity index (χ1n) is 6.70. The highest BCUT2D eigenvalue weighted by Gasteiger charge is 2.25. The molecule has 17 heavy (non-hydrogen) atoms. The zero-order valence-electron chi connectivity index (χ0n) is 11.0. The number of hydrogen-bond acceptors (Lipinski definition) is 3. The minimum absolute atomic E-state index is 0.0463. The van der Waals surface area contributed by atoms with Crippen LogP contribution in [0.3, 0.4) is 0 Å². The second-order valence-corrected chi connectivity index (χ2v) is 5.65. The van der Waals surface area contributed by atoms with Crippen LogP contribution < -0.4 is 11.1 Å². The lowest BCUT2D eigenvalue weighted by Gasteiger charge is -2.26. The molecule has 100 valence electrons. The van der Waals surface area contributed by atoms with Crippen LogP contribution in [-0.2, 0) is 4.79 Å². The van der Waals surface area contributed by atoms with Crippen LogP contribution in [0, 0.1) is 11.8 Å². The number of aliphatic hydroxyl groups is 1. The molecule has 0 bridgehead atoms. The number of carbonyl (C=O) groups is 1. The molecule has 0 saturated heterocycles. The van der Waals surface area contributed by atoms with E-state index in [0.29, 0.717) is 12.5 Å². The van der Waals surface area contributed by atoms with Gasteiger partial charge < -0.3 is 16.2 Å². The number of carbonyl (C=O) groups excluding carboxylic acids is 1. The third-order valence-electron chi connectivity index (χ3n) is 3.34. The Kier molecular flexibility index (Phi) is 5.92. The molecule has 0 radical (unpaired) electrons. The van der Waals surface area contributed by atoms with E-state index < -0.39 is 6.10 Å². The lowest BCUT2D eigenvalue weighted by Crippen LogP contribution is -2.40. The molecule has 1 aliphatic carbocycles. The van der Waals surface area contributed by atoms with Crippen LogP contribution in [-0.4, -0.2) is 29.7 Å². The van der Waals surface area contributed by atoms with Crippen LogP contribution in [0.15, 0.2) is 0 Å². The Labute approximate surface area is 104 Å². The first-order chi connectivity index (χ1) is 7.99. The monoisotopic (exact) mass is 242 g/mol. The van der Waals surface area contributed by atoms with E-state index in [0.717, 1.165) is 32.1 Å². The first kappa shape index (κ1) is 14.5. The molecule has 0 spiro atoms. The van der Waals surface area contributed by atoms with Crippen LogP contribution in [0.2, 0.25) is 0 Å².